The summed E-state index contributed by atoms with van der Waals surface area (Å²) in [6, 6.07) is 5.11. The van der Waals surface area contributed by atoms with Crippen LogP contribution in [0.2, 0.25) is 0 Å². The van der Waals surface area contributed by atoms with E-state index in [9.17, 15) is 18.0 Å². The minimum atomic E-state index is -3.78. The lowest BCUT2D eigenvalue weighted by molar-refractivity contribution is -0.129. The second-order valence-corrected chi connectivity index (χ2v) is 9.12. The number of carbonyl (C=O) groups excluding carboxylic acids is 2. The highest BCUT2D eigenvalue weighted by molar-refractivity contribution is 7.89. The first-order valence-electron chi connectivity index (χ1n) is 9.51. The zero-order valence-corrected chi connectivity index (χ0v) is 16.5. The maximum Gasteiger partial charge on any atom is 0.241 e. The highest BCUT2D eigenvalue weighted by Crippen LogP contribution is 2.22. The average Bonchev–Trinajstić information content (AvgIpc) is 2.66. The van der Waals surface area contributed by atoms with Crippen LogP contribution in [-0.2, 0) is 32.6 Å². The Labute approximate surface area is 160 Å². The van der Waals surface area contributed by atoms with Crippen molar-refractivity contribution in [2.75, 3.05) is 13.1 Å². The molecule has 0 aromatic heterocycles. The molecule has 1 aromatic carbocycles. The minimum absolute atomic E-state index is 0.0218. The molecule has 27 heavy (non-hydrogen) atoms. The maximum absolute atomic E-state index is 12.6. The van der Waals surface area contributed by atoms with Crippen LogP contribution in [0.1, 0.15) is 50.2 Å². The highest BCUT2D eigenvalue weighted by Gasteiger charge is 2.23. The van der Waals surface area contributed by atoms with Crippen molar-refractivity contribution in [3.63, 3.8) is 0 Å². The lowest BCUT2D eigenvalue weighted by Crippen LogP contribution is -2.42. The standard InChI is InChI=1S/C19H27N3O4S/c1-14(23)22-10-9-15-7-8-18(11-16(15)13-22)27(25,26)20-12-19(24)21-17-5-3-2-4-6-17/h7-8,11,17,20H,2-6,9-10,12-13H2,1H3,(H,21,24). The van der Waals surface area contributed by atoms with E-state index in [0.717, 1.165) is 36.8 Å². The molecule has 2 aliphatic rings. The number of hydrogen-bond donors (Lipinski definition) is 2. The van der Waals surface area contributed by atoms with E-state index in [4.69, 9.17) is 0 Å². The first-order chi connectivity index (χ1) is 12.8. The molecule has 0 bridgehead atoms. The average molecular weight is 394 g/mol. The first-order valence-corrected chi connectivity index (χ1v) is 11.0. The van der Waals surface area contributed by atoms with Gasteiger partial charge < -0.3 is 10.2 Å². The summed E-state index contributed by atoms with van der Waals surface area (Å²) in [6.07, 6.45) is 6.02. The molecule has 2 amide bonds. The van der Waals surface area contributed by atoms with Gasteiger partial charge in [0.2, 0.25) is 21.8 Å². The van der Waals surface area contributed by atoms with Crippen molar-refractivity contribution >= 4 is 21.8 Å². The third-order valence-corrected chi connectivity index (χ3v) is 6.74. The van der Waals surface area contributed by atoms with Crippen molar-refractivity contribution in [2.45, 2.75) is 62.9 Å². The number of hydrogen-bond acceptors (Lipinski definition) is 4. The highest BCUT2D eigenvalue weighted by atomic mass is 32.2. The summed E-state index contributed by atoms with van der Waals surface area (Å²) < 4.78 is 27.5. The van der Waals surface area contributed by atoms with Crippen molar-refractivity contribution in [1.29, 1.82) is 0 Å². The van der Waals surface area contributed by atoms with Gasteiger partial charge in [-0.05, 0) is 42.5 Å². The second-order valence-electron chi connectivity index (χ2n) is 7.35. The number of carbonyl (C=O) groups is 2. The molecular weight excluding hydrogens is 366 g/mol. The van der Waals surface area contributed by atoms with Crippen LogP contribution in [0.5, 0.6) is 0 Å². The van der Waals surface area contributed by atoms with Crippen molar-refractivity contribution in [2.24, 2.45) is 0 Å². The lowest BCUT2D eigenvalue weighted by Gasteiger charge is -2.28. The topological polar surface area (TPSA) is 95.6 Å². The molecule has 1 aromatic rings. The Hall–Kier alpha value is -1.93. The van der Waals surface area contributed by atoms with Gasteiger partial charge >= 0.3 is 0 Å². The number of nitrogens with one attached hydrogen (secondary N) is 2. The molecule has 1 aliphatic carbocycles. The van der Waals surface area contributed by atoms with Gasteiger partial charge in [-0.1, -0.05) is 25.3 Å². The summed E-state index contributed by atoms with van der Waals surface area (Å²) in [5, 5.41) is 2.90. The number of sulfonamides is 1. The quantitative estimate of drug-likeness (QED) is 0.789. The van der Waals surface area contributed by atoms with Crippen molar-refractivity contribution in [3.8, 4) is 0 Å². The van der Waals surface area contributed by atoms with E-state index in [1.165, 1.54) is 13.3 Å². The van der Waals surface area contributed by atoms with Gasteiger partial charge in [-0.3, -0.25) is 9.59 Å². The third-order valence-electron chi connectivity index (χ3n) is 5.34. The Balaban J connectivity index is 1.62. The first kappa shape index (κ1) is 19.8. The van der Waals surface area contributed by atoms with Crippen LogP contribution in [0.15, 0.2) is 23.1 Å². The Morgan fingerprint density at radius 3 is 2.59 bits per heavy atom. The molecule has 0 unspecified atom stereocenters. The van der Waals surface area contributed by atoms with Gasteiger partial charge in [-0.15, -0.1) is 0 Å². The number of amides is 2. The van der Waals surface area contributed by atoms with E-state index >= 15 is 0 Å². The maximum atomic E-state index is 12.6. The Bertz CT molecular complexity index is 816. The largest absolute Gasteiger partial charge is 0.352 e. The van der Waals surface area contributed by atoms with Gasteiger partial charge in [0.25, 0.3) is 0 Å². The van der Waals surface area contributed by atoms with Gasteiger partial charge in [0.1, 0.15) is 0 Å². The Morgan fingerprint density at radius 2 is 1.89 bits per heavy atom. The van der Waals surface area contributed by atoms with E-state index in [1.54, 1.807) is 23.1 Å². The molecule has 0 atom stereocenters. The van der Waals surface area contributed by atoms with Gasteiger partial charge in [0.15, 0.2) is 0 Å². The molecule has 148 valence electrons. The minimum Gasteiger partial charge on any atom is -0.352 e. The molecular formula is C19H27N3O4S. The molecule has 1 saturated carbocycles. The van der Waals surface area contributed by atoms with Gasteiger partial charge in [0.05, 0.1) is 11.4 Å². The van der Waals surface area contributed by atoms with E-state index in [-0.39, 0.29) is 29.3 Å². The molecule has 0 saturated heterocycles. The van der Waals surface area contributed by atoms with Gasteiger partial charge in [-0.2, -0.15) is 0 Å². The smallest absolute Gasteiger partial charge is 0.241 e. The molecule has 1 fully saturated rings. The summed E-state index contributed by atoms with van der Waals surface area (Å²) >= 11 is 0. The number of benzene rings is 1. The van der Waals surface area contributed by atoms with E-state index < -0.39 is 10.0 Å². The van der Waals surface area contributed by atoms with Gasteiger partial charge in [-0.25, -0.2) is 13.1 Å². The molecule has 8 heteroatoms. The lowest BCUT2D eigenvalue weighted by atomic mass is 9.95. The fourth-order valence-corrected chi connectivity index (χ4v) is 4.77. The zero-order valence-electron chi connectivity index (χ0n) is 15.7. The van der Waals surface area contributed by atoms with Crippen molar-refractivity contribution in [1.82, 2.24) is 14.9 Å². The monoisotopic (exact) mass is 393 g/mol. The summed E-state index contributed by atoms with van der Waals surface area (Å²) in [7, 11) is -3.78. The van der Waals surface area contributed by atoms with Crippen LogP contribution >= 0.6 is 0 Å². The number of nitrogens with zero attached hydrogens (tertiary/aromatic N) is 1. The van der Waals surface area contributed by atoms with Crippen LogP contribution in [0.25, 0.3) is 0 Å². The summed E-state index contributed by atoms with van der Waals surface area (Å²) in [5.74, 6) is -0.322. The second kappa shape index (κ2) is 8.39. The molecule has 3 rings (SSSR count). The fraction of sp³-hybridized carbons (Fsp3) is 0.579. The van der Waals surface area contributed by atoms with E-state index in [0.29, 0.717) is 19.5 Å². The molecule has 1 aliphatic heterocycles. The van der Waals surface area contributed by atoms with Crippen molar-refractivity contribution < 1.29 is 18.0 Å². The van der Waals surface area contributed by atoms with Crippen LogP contribution in [0.3, 0.4) is 0 Å². The summed E-state index contributed by atoms with van der Waals surface area (Å²) in [4.78, 5) is 25.5. The molecule has 2 N–H and O–H groups in total. The van der Waals surface area contributed by atoms with Crippen molar-refractivity contribution in [3.05, 3.63) is 29.3 Å². The molecule has 0 radical (unpaired) electrons. The summed E-state index contributed by atoms with van der Waals surface area (Å²) in [5.41, 5.74) is 1.90. The number of rotatable bonds is 5. The van der Waals surface area contributed by atoms with Crippen LogP contribution in [0.4, 0.5) is 0 Å². The summed E-state index contributed by atoms with van der Waals surface area (Å²) in [6.45, 7) is 2.30. The Morgan fingerprint density at radius 1 is 1.15 bits per heavy atom. The fourth-order valence-electron chi connectivity index (χ4n) is 3.74. The van der Waals surface area contributed by atoms with E-state index in [2.05, 4.69) is 10.0 Å². The van der Waals surface area contributed by atoms with Crippen LogP contribution in [0, 0.1) is 0 Å². The predicted molar refractivity (Wildman–Crippen MR) is 101 cm³/mol. The van der Waals surface area contributed by atoms with Crippen LogP contribution in [-0.4, -0.2) is 44.3 Å². The molecule has 0 spiro atoms. The third kappa shape index (κ3) is 5.07. The van der Waals surface area contributed by atoms with Gasteiger partial charge in [0, 0.05) is 26.1 Å². The SMILES string of the molecule is CC(=O)N1CCc2ccc(S(=O)(=O)NCC(=O)NC3CCCCC3)cc2C1. The Kier molecular flexibility index (Phi) is 6.16. The number of fused-ring (bicyclic) bond motifs is 1. The van der Waals surface area contributed by atoms with Crippen LogP contribution < -0.4 is 10.0 Å². The molecule has 7 nitrogen and oxygen atoms in total. The molecule has 1 heterocycles. The zero-order chi connectivity index (χ0) is 19.4. The predicted octanol–water partition coefficient (Wildman–Crippen LogP) is 1.32. The normalized spacial score (nSPS) is 18.0. The van der Waals surface area contributed by atoms with E-state index in [1.807, 2.05) is 0 Å².